The van der Waals surface area contributed by atoms with Crippen LogP contribution in [0.3, 0.4) is 0 Å². The van der Waals surface area contributed by atoms with E-state index in [-0.39, 0.29) is 16.3 Å². The molecule has 2 heterocycles. The van der Waals surface area contributed by atoms with Crippen molar-refractivity contribution >= 4 is 28.0 Å². The molecule has 0 aliphatic carbocycles. The van der Waals surface area contributed by atoms with Crippen LogP contribution in [0, 0.1) is 10.1 Å². The van der Waals surface area contributed by atoms with Gasteiger partial charge in [0.1, 0.15) is 0 Å². The molecule has 124 valence electrons. The molecule has 0 saturated carbocycles. The number of halogens is 3. The molecule has 0 bridgehead atoms. The number of hydrogen-bond acceptors (Lipinski definition) is 5. The SMILES string of the molecule is O=C(O)c1c(C(F)(F)F)nc2scc(-c3ccc([N+](=O)[O-])cc3)n12. The summed E-state index contributed by atoms with van der Waals surface area (Å²) >= 11 is 0.842. The Balaban J connectivity index is 2.24. The number of thiazole rings is 1. The molecule has 1 N–H and O–H groups in total. The Bertz CT molecular complexity index is 959. The van der Waals surface area contributed by atoms with Crippen LogP contribution in [0.15, 0.2) is 29.6 Å². The van der Waals surface area contributed by atoms with Crippen LogP contribution in [0.5, 0.6) is 0 Å². The summed E-state index contributed by atoms with van der Waals surface area (Å²) in [6.07, 6.45) is -4.91. The molecule has 0 radical (unpaired) electrons. The number of imidazole rings is 1. The van der Waals surface area contributed by atoms with E-state index in [0.29, 0.717) is 5.56 Å². The highest BCUT2D eigenvalue weighted by Crippen LogP contribution is 2.36. The first kappa shape index (κ1) is 15.9. The molecule has 3 aromatic rings. The van der Waals surface area contributed by atoms with E-state index in [1.54, 1.807) is 0 Å². The summed E-state index contributed by atoms with van der Waals surface area (Å²) in [7, 11) is 0. The Morgan fingerprint density at radius 1 is 1.29 bits per heavy atom. The van der Waals surface area contributed by atoms with Gasteiger partial charge in [-0.3, -0.25) is 14.5 Å². The van der Waals surface area contributed by atoms with Crippen molar-refractivity contribution in [3.05, 3.63) is 51.1 Å². The fraction of sp³-hybridized carbons (Fsp3) is 0.0769. The monoisotopic (exact) mass is 357 g/mol. The van der Waals surface area contributed by atoms with Crippen LogP contribution in [0.25, 0.3) is 16.2 Å². The van der Waals surface area contributed by atoms with Gasteiger partial charge in [0.25, 0.3) is 5.69 Å². The summed E-state index contributed by atoms with van der Waals surface area (Å²) in [6.45, 7) is 0. The summed E-state index contributed by atoms with van der Waals surface area (Å²) in [4.78, 5) is 24.6. The molecule has 0 atom stereocenters. The van der Waals surface area contributed by atoms with Gasteiger partial charge < -0.3 is 5.11 Å². The maximum Gasteiger partial charge on any atom is 0.435 e. The third-order valence-electron chi connectivity index (χ3n) is 3.21. The highest BCUT2D eigenvalue weighted by atomic mass is 32.1. The number of nitro groups is 1. The highest BCUT2D eigenvalue weighted by molar-refractivity contribution is 7.15. The molecule has 0 amide bonds. The number of nitrogens with zero attached hydrogens (tertiary/aromatic N) is 3. The van der Waals surface area contributed by atoms with E-state index < -0.39 is 28.5 Å². The number of hydrogen-bond donors (Lipinski definition) is 1. The molecule has 24 heavy (non-hydrogen) atoms. The van der Waals surface area contributed by atoms with E-state index in [9.17, 15) is 33.2 Å². The van der Waals surface area contributed by atoms with Gasteiger partial charge in [0, 0.05) is 17.5 Å². The van der Waals surface area contributed by atoms with Gasteiger partial charge >= 0.3 is 12.1 Å². The number of fused-ring (bicyclic) bond motifs is 1. The number of carboxylic acids is 1. The predicted octanol–water partition coefficient (Wildman–Crippen LogP) is 3.69. The standard InChI is InChI=1S/C13H6F3N3O4S/c14-13(15,16)10-9(11(20)21)18-8(5-24-12(18)17-10)6-1-3-7(4-2-6)19(22)23/h1-5H,(H,20,21). The number of aromatic nitrogens is 2. The highest BCUT2D eigenvalue weighted by Gasteiger charge is 2.41. The quantitative estimate of drug-likeness (QED) is 0.569. The number of nitro benzene ring substituents is 1. The lowest BCUT2D eigenvalue weighted by Gasteiger charge is -2.06. The van der Waals surface area contributed by atoms with Crippen LogP contribution >= 0.6 is 11.3 Å². The van der Waals surface area contributed by atoms with E-state index in [1.165, 1.54) is 29.6 Å². The second-order valence-electron chi connectivity index (χ2n) is 4.65. The van der Waals surface area contributed by atoms with Gasteiger partial charge in [0.05, 0.1) is 10.6 Å². The Morgan fingerprint density at radius 3 is 2.42 bits per heavy atom. The Kier molecular flexibility index (Phi) is 3.52. The third-order valence-corrected chi connectivity index (χ3v) is 4.03. The molecule has 0 aliphatic heterocycles. The van der Waals surface area contributed by atoms with E-state index >= 15 is 0 Å². The van der Waals surface area contributed by atoms with Crippen LogP contribution in [-0.4, -0.2) is 25.4 Å². The van der Waals surface area contributed by atoms with Gasteiger partial charge in [-0.2, -0.15) is 13.2 Å². The van der Waals surface area contributed by atoms with E-state index in [4.69, 9.17) is 0 Å². The van der Waals surface area contributed by atoms with Crippen molar-refractivity contribution in [2.75, 3.05) is 0 Å². The Labute approximate surface area is 134 Å². The molecular weight excluding hydrogens is 351 g/mol. The summed E-state index contributed by atoms with van der Waals surface area (Å²) in [5.74, 6) is -1.77. The normalized spacial score (nSPS) is 11.8. The number of carboxylic acid groups (broad SMARTS) is 1. The van der Waals surface area contributed by atoms with E-state index in [2.05, 4.69) is 4.98 Å². The van der Waals surface area contributed by atoms with Crippen molar-refractivity contribution in [2.45, 2.75) is 6.18 Å². The van der Waals surface area contributed by atoms with Crippen molar-refractivity contribution in [1.29, 1.82) is 0 Å². The topological polar surface area (TPSA) is 97.7 Å². The molecule has 2 aromatic heterocycles. The second-order valence-corrected chi connectivity index (χ2v) is 5.49. The number of alkyl halides is 3. The first-order valence-corrected chi connectivity index (χ1v) is 7.13. The molecule has 1 aromatic carbocycles. The zero-order chi connectivity index (χ0) is 17.6. The zero-order valence-electron chi connectivity index (χ0n) is 11.4. The van der Waals surface area contributed by atoms with Gasteiger partial charge in [-0.25, -0.2) is 9.78 Å². The number of benzene rings is 1. The summed E-state index contributed by atoms with van der Waals surface area (Å²) in [5, 5.41) is 21.3. The molecule has 0 spiro atoms. The molecule has 3 rings (SSSR count). The average molecular weight is 357 g/mol. The summed E-state index contributed by atoms with van der Waals surface area (Å²) < 4.78 is 39.9. The predicted molar refractivity (Wildman–Crippen MR) is 77.1 cm³/mol. The molecule has 7 nitrogen and oxygen atoms in total. The number of non-ortho nitro benzene ring substituents is 1. The van der Waals surface area contributed by atoms with Gasteiger partial charge in [0.15, 0.2) is 16.3 Å². The number of rotatable bonds is 3. The fourth-order valence-electron chi connectivity index (χ4n) is 2.21. The van der Waals surface area contributed by atoms with Crippen molar-refractivity contribution in [3.8, 4) is 11.3 Å². The van der Waals surface area contributed by atoms with Crippen LogP contribution in [0.4, 0.5) is 18.9 Å². The van der Waals surface area contributed by atoms with E-state index in [0.717, 1.165) is 15.7 Å². The molecule has 0 saturated heterocycles. The Morgan fingerprint density at radius 2 is 1.92 bits per heavy atom. The lowest BCUT2D eigenvalue weighted by molar-refractivity contribution is -0.384. The number of carbonyl (C=O) groups is 1. The fourth-order valence-corrected chi connectivity index (χ4v) is 3.11. The van der Waals surface area contributed by atoms with Gasteiger partial charge in [-0.05, 0) is 17.7 Å². The first-order chi connectivity index (χ1) is 11.2. The average Bonchev–Trinajstić information content (AvgIpc) is 3.05. The van der Waals surface area contributed by atoms with Gasteiger partial charge in [0.2, 0.25) is 0 Å². The van der Waals surface area contributed by atoms with Gasteiger partial charge in [-0.1, -0.05) is 0 Å². The maximum atomic E-state index is 13.0. The van der Waals surface area contributed by atoms with Crippen LogP contribution in [0.2, 0.25) is 0 Å². The lowest BCUT2D eigenvalue weighted by Crippen LogP contribution is -2.14. The van der Waals surface area contributed by atoms with Crippen molar-refractivity contribution in [3.63, 3.8) is 0 Å². The largest absolute Gasteiger partial charge is 0.476 e. The molecule has 0 unspecified atom stereocenters. The van der Waals surface area contributed by atoms with Gasteiger partial charge in [-0.15, -0.1) is 11.3 Å². The van der Waals surface area contributed by atoms with Crippen LogP contribution < -0.4 is 0 Å². The second kappa shape index (κ2) is 5.30. The van der Waals surface area contributed by atoms with Crippen molar-refractivity contribution < 1.29 is 28.0 Å². The smallest absolute Gasteiger partial charge is 0.435 e. The minimum absolute atomic E-state index is 0.131. The summed E-state index contributed by atoms with van der Waals surface area (Å²) in [5.41, 5.74) is -2.17. The Hall–Kier alpha value is -2.95. The van der Waals surface area contributed by atoms with E-state index in [1.807, 2.05) is 0 Å². The first-order valence-electron chi connectivity index (χ1n) is 6.25. The third kappa shape index (κ3) is 2.48. The summed E-state index contributed by atoms with van der Waals surface area (Å²) in [6, 6.07) is 5.03. The zero-order valence-corrected chi connectivity index (χ0v) is 12.3. The lowest BCUT2D eigenvalue weighted by atomic mass is 10.1. The van der Waals surface area contributed by atoms with Crippen molar-refractivity contribution in [2.24, 2.45) is 0 Å². The minimum Gasteiger partial charge on any atom is -0.476 e. The van der Waals surface area contributed by atoms with Crippen LogP contribution in [-0.2, 0) is 6.18 Å². The molecule has 11 heteroatoms. The molecule has 0 aliphatic rings. The van der Waals surface area contributed by atoms with Crippen molar-refractivity contribution in [1.82, 2.24) is 9.38 Å². The number of aromatic carboxylic acids is 1. The molecular formula is C13H6F3N3O4S. The maximum absolute atomic E-state index is 13.0. The minimum atomic E-state index is -4.91. The van der Waals surface area contributed by atoms with Crippen LogP contribution in [0.1, 0.15) is 16.2 Å². The molecule has 0 fully saturated rings.